The van der Waals surface area contributed by atoms with E-state index in [2.05, 4.69) is 23.8 Å². The molecule has 1 atom stereocenters. The van der Waals surface area contributed by atoms with Crippen LogP contribution in [0.4, 0.5) is 5.69 Å². The van der Waals surface area contributed by atoms with Crippen molar-refractivity contribution in [3.63, 3.8) is 0 Å². The molecule has 64 valence electrons. The van der Waals surface area contributed by atoms with Gasteiger partial charge in [0.1, 0.15) is 0 Å². The minimum Gasteiger partial charge on any atom is -0.378 e. The van der Waals surface area contributed by atoms with Gasteiger partial charge in [0.05, 0.1) is 5.69 Å². The number of anilines is 1. The molecule has 0 saturated heterocycles. The van der Waals surface area contributed by atoms with Crippen molar-refractivity contribution in [2.75, 3.05) is 5.32 Å². The average molecular weight is 162 g/mol. The van der Waals surface area contributed by atoms with Gasteiger partial charge in [-0.05, 0) is 26.0 Å². The smallest absolute Gasteiger partial charge is 0.0531 e. The third-order valence-corrected chi connectivity index (χ3v) is 1.78. The largest absolute Gasteiger partial charge is 0.378 e. The highest BCUT2D eigenvalue weighted by Crippen LogP contribution is 2.08. The summed E-state index contributed by atoms with van der Waals surface area (Å²) >= 11 is 0. The summed E-state index contributed by atoms with van der Waals surface area (Å²) in [6, 6.07) is 4.20. The molecule has 2 heteroatoms. The molecule has 0 spiro atoms. The van der Waals surface area contributed by atoms with E-state index in [1.54, 1.807) is 12.4 Å². The Morgan fingerprint density at radius 1 is 1.67 bits per heavy atom. The predicted molar refractivity (Wildman–Crippen MR) is 52.1 cm³/mol. The molecule has 12 heavy (non-hydrogen) atoms. The summed E-state index contributed by atoms with van der Waals surface area (Å²) in [6.45, 7) is 7.95. The first-order chi connectivity index (χ1) is 5.70. The van der Waals surface area contributed by atoms with Crippen LogP contribution in [0.15, 0.2) is 36.7 Å². The first-order valence-corrected chi connectivity index (χ1v) is 4.02. The van der Waals surface area contributed by atoms with Gasteiger partial charge in [-0.2, -0.15) is 0 Å². The molecule has 1 unspecified atom stereocenters. The van der Waals surface area contributed by atoms with E-state index < -0.39 is 0 Å². The highest BCUT2D eigenvalue weighted by Gasteiger charge is 2.00. The highest BCUT2D eigenvalue weighted by atomic mass is 14.9. The zero-order valence-electron chi connectivity index (χ0n) is 7.54. The van der Waals surface area contributed by atoms with Crippen LogP contribution < -0.4 is 5.32 Å². The minimum atomic E-state index is 0.300. The molecule has 0 aliphatic heterocycles. The zero-order chi connectivity index (χ0) is 8.97. The molecule has 1 aromatic rings. The van der Waals surface area contributed by atoms with Crippen molar-refractivity contribution in [1.82, 2.24) is 4.98 Å². The van der Waals surface area contributed by atoms with Gasteiger partial charge in [0.2, 0.25) is 0 Å². The highest BCUT2D eigenvalue weighted by molar-refractivity contribution is 5.42. The van der Waals surface area contributed by atoms with Gasteiger partial charge in [0.25, 0.3) is 0 Å². The lowest BCUT2D eigenvalue weighted by Crippen LogP contribution is -2.15. The van der Waals surface area contributed by atoms with Gasteiger partial charge in [0, 0.05) is 18.4 Å². The van der Waals surface area contributed by atoms with Crippen LogP contribution in [-0.4, -0.2) is 11.0 Å². The maximum Gasteiger partial charge on any atom is 0.0531 e. The molecule has 0 aliphatic rings. The molecule has 0 saturated carbocycles. The minimum absolute atomic E-state index is 0.300. The number of rotatable bonds is 3. The summed E-state index contributed by atoms with van der Waals surface area (Å²) in [5.41, 5.74) is 2.16. The van der Waals surface area contributed by atoms with Crippen molar-refractivity contribution < 1.29 is 0 Å². The second kappa shape index (κ2) is 3.90. The van der Waals surface area contributed by atoms with E-state index in [4.69, 9.17) is 0 Å². The Morgan fingerprint density at radius 3 is 2.92 bits per heavy atom. The van der Waals surface area contributed by atoms with E-state index in [0.29, 0.717) is 6.04 Å². The molecule has 0 amide bonds. The maximum atomic E-state index is 4.00. The van der Waals surface area contributed by atoms with E-state index in [1.165, 1.54) is 0 Å². The Hall–Kier alpha value is -1.31. The van der Waals surface area contributed by atoms with E-state index in [0.717, 1.165) is 11.3 Å². The predicted octanol–water partition coefficient (Wildman–Crippen LogP) is 2.46. The second-order valence-corrected chi connectivity index (χ2v) is 2.95. The van der Waals surface area contributed by atoms with Gasteiger partial charge in [-0.1, -0.05) is 12.2 Å². The molecule has 1 aromatic heterocycles. The molecular formula is C10H14N2. The number of nitrogens with one attached hydrogen (secondary N) is 1. The SMILES string of the molecule is C=C(C)C(C)Nc1cccnc1. The Labute approximate surface area is 73.3 Å². The van der Waals surface area contributed by atoms with Crippen LogP contribution in [0.25, 0.3) is 0 Å². The van der Waals surface area contributed by atoms with Crippen molar-refractivity contribution in [3.05, 3.63) is 36.7 Å². The molecule has 0 bridgehead atoms. The van der Waals surface area contributed by atoms with Crippen molar-refractivity contribution in [2.24, 2.45) is 0 Å². The Morgan fingerprint density at radius 2 is 2.42 bits per heavy atom. The summed E-state index contributed by atoms with van der Waals surface area (Å²) in [4.78, 5) is 4.00. The number of hydrogen-bond acceptors (Lipinski definition) is 2. The summed E-state index contributed by atoms with van der Waals surface area (Å²) in [6.07, 6.45) is 3.57. The third-order valence-electron chi connectivity index (χ3n) is 1.78. The summed E-state index contributed by atoms with van der Waals surface area (Å²) in [5.74, 6) is 0. The Kier molecular flexibility index (Phi) is 2.86. The zero-order valence-corrected chi connectivity index (χ0v) is 7.54. The first-order valence-electron chi connectivity index (χ1n) is 4.02. The number of nitrogens with zero attached hydrogens (tertiary/aromatic N) is 1. The normalized spacial score (nSPS) is 12.2. The van der Waals surface area contributed by atoms with Crippen molar-refractivity contribution >= 4 is 5.69 Å². The third kappa shape index (κ3) is 2.38. The molecule has 0 fully saturated rings. The van der Waals surface area contributed by atoms with Crippen LogP contribution in [0, 0.1) is 0 Å². The molecule has 0 radical (unpaired) electrons. The molecule has 1 heterocycles. The molecule has 2 nitrogen and oxygen atoms in total. The molecule has 0 aliphatic carbocycles. The maximum absolute atomic E-state index is 4.00. The van der Waals surface area contributed by atoms with E-state index >= 15 is 0 Å². The summed E-state index contributed by atoms with van der Waals surface area (Å²) in [7, 11) is 0. The van der Waals surface area contributed by atoms with Crippen LogP contribution in [0.2, 0.25) is 0 Å². The standard InChI is InChI=1S/C10H14N2/c1-8(2)9(3)12-10-5-4-6-11-7-10/h4-7,9,12H,1H2,2-3H3. The van der Waals surface area contributed by atoms with Gasteiger partial charge < -0.3 is 5.32 Å². The summed E-state index contributed by atoms with van der Waals surface area (Å²) in [5, 5.41) is 3.28. The Balaban J connectivity index is 2.58. The van der Waals surface area contributed by atoms with Crippen LogP contribution in [-0.2, 0) is 0 Å². The van der Waals surface area contributed by atoms with Crippen LogP contribution in [0.1, 0.15) is 13.8 Å². The van der Waals surface area contributed by atoms with Crippen molar-refractivity contribution in [1.29, 1.82) is 0 Å². The second-order valence-electron chi connectivity index (χ2n) is 2.95. The van der Waals surface area contributed by atoms with E-state index in [-0.39, 0.29) is 0 Å². The number of aromatic nitrogens is 1. The van der Waals surface area contributed by atoms with Crippen molar-refractivity contribution in [3.8, 4) is 0 Å². The topological polar surface area (TPSA) is 24.9 Å². The fourth-order valence-corrected chi connectivity index (χ4v) is 0.821. The van der Waals surface area contributed by atoms with E-state index in [1.807, 2.05) is 19.1 Å². The molecular weight excluding hydrogens is 148 g/mol. The van der Waals surface area contributed by atoms with Gasteiger partial charge >= 0.3 is 0 Å². The van der Waals surface area contributed by atoms with Gasteiger partial charge in [-0.25, -0.2) is 0 Å². The fraction of sp³-hybridized carbons (Fsp3) is 0.300. The lowest BCUT2D eigenvalue weighted by Gasteiger charge is -2.14. The van der Waals surface area contributed by atoms with E-state index in [9.17, 15) is 0 Å². The van der Waals surface area contributed by atoms with Gasteiger partial charge in [-0.15, -0.1) is 0 Å². The van der Waals surface area contributed by atoms with Crippen LogP contribution in [0.5, 0.6) is 0 Å². The van der Waals surface area contributed by atoms with Crippen LogP contribution in [0.3, 0.4) is 0 Å². The number of hydrogen-bond donors (Lipinski definition) is 1. The fourth-order valence-electron chi connectivity index (χ4n) is 0.821. The average Bonchev–Trinajstić information content (AvgIpc) is 2.06. The molecule has 1 rings (SSSR count). The molecule has 0 aromatic carbocycles. The molecule has 1 N–H and O–H groups in total. The number of pyridine rings is 1. The van der Waals surface area contributed by atoms with Gasteiger partial charge in [-0.3, -0.25) is 4.98 Å². The monoisotopic (exact) mass is 162 g/mol. The lowest BCUT2D eigenvalue weighted by atomic mass is 10.2. The quantitative estimate of drug-likeness (QED) is 0.690. The Bertz CT molecular complexity index is 254. The van der Waals surface area contributed by atoms with Crippen molar-refractivity contribution in [2.45, 2.75) is 19.9 Å². The first kappa shape index (κ1) is 8.78. The van der Waals surface area contributed by atoms with Gasteiger partial charge in [0.15, 0.2) is 0 Å². The lowest BCUT2D eigenvalue weighted by molar-refractivity contribution is 0.927. The summed E-state index contributed by atoms with van der Waals surface area (Å²) < 4.78 is 0. The van der Waals surface area contributed by atoms with Crippen LogP contribution >= 0.6 is 0 Å².